The van der Waals surface area contributed by atoms with Crippen molar-refractivity contribution in [1.29, 1.82) is 0 Å². The van der Waals surface area contributed by atoms with Crippen LogP contribution in [0.1, 0.15) is 44.9 Å². The Balaban J connectivity index is 1.90. The fourth-order valence-corrected chi connectivity index (χ4v) is 2.65. The first-order valence-corrected chi connectivity index (χ1v) is 5.01. The molecule has 1 heteroatoms. The van der Waals surface area contributed by atoms with Crippen LogP contribution in [0.3, 0.4) is 0 Å². The van der Waals surface area contributed by atoms with Gasteiger partial charge in [0.05, 0.1) is 0 Å². The first-order chi connectivity index (χ1) is 4.81. The second-order valence-electron chi connectivity index (χ2n) is 4.08. The van der Waals surface area contributed by atoms with E-state index in [1.807, 2.05) is 0 Å². The van der Waals surface area contributed by atoms with Crippen molar-refractivity contribution in [3.63, 3.8) is 0 Å². The molecule has 0 atom stereocenters. The van der Waals surface area contributed by atoms with Gasteiger partial charge >= 0.3 is 0 Å². The van der Waals surface area contributed by atoms with Crippen molar-refractivity contribution < 1.29 is 0 Å². The largest absolute Gasteiger partial charge is 0.176 e. The fraction of sp³-hybridized carbons (Fsp3) is 1.00. The van der Waals surface area contributed by atoms with Crippen LogP contribution >= 0.6 is 12.6 Å². The third kappa shape index (κ3) is 1.09. The molecule has 0 heterocycles. The van der Waals surface area contributed by atoms with Gasteiger partial charge in [-0.15, -0.1) is 0 Å². The highest BCUT2D eigenvalue weighted by Crippen LogP contribution is 2.52. The zero-order valence-corrected chi connectivity index (χ0v) is 7.37. The van der Waals surface area contributed by atoms with Gasteiger partial charge < -0.3 is 0 Å². The highest BCUT2D eigenvalue weighted by molar-refractivity contribution is 7.80. The van der Waals surface area contributed by atoms with Gasteiger partial charge in [0.2, 0.25) is 0 Å². The van der Waals surface area contributed by atoms with Gasteiger partial charge in [-0.2, -0.15) is 12.6 Å². The fourth-order valence-electron chi connectivity index (χ4n) is 2.39. The molecule has 0 aromatic rings. The van der Waals surface area contributed by atoms with E-state index in [-0.39, 0.29) is 0 Å². The molecule has 0 N–H and O–H groups in total. The normalized spacial score (nSPS) is 32.1. The maximum atomic E-state index is 4.50. The summed E-state index contributed by atoms with van der Waals surface area (Å²) in [5.41, 5.74) is 0.833. The minimum Gasteiger partial charge on any atom is -0.176 e. The van der Waals surface area contributed by atoms with Crippen molar-refractivity contribution in [2.24, 2.45) is 5.41 Å². The Kier molecular flexibility index (Phi) is 1.71. The van der Waals surface area contributed by atoms with E-state index in [0.717, 1.165) is 10.7 Å². The maximum Gasteiger partial charge on any atom is 0.00172 e. The first kappa shape index (κ1) is 7.02. The van der Waals surface area contributed by atoms with Gasteiger partial charge in [-0.25, -0.2) is 0 Å². The Morgan fingerprint density at radius 1 is 1.00 bits per heavy atom. The van der Waals surface area contributed by atoms with Crippen LogP contribution in [0, 0.1) is 5.41 Å². The minimum atomic E-state index is 0.728. The summed E-state index contributed by atoms with van der Waals surface area (Å²) in [6, 6.07) is 0. The summed E-state index contributed by atoms with van der Waals surface area (Å²) >= 11 is 4.50. The van der Waals surface area contributed by atoms with E-state index >= 15 is 0 Å². The van der Waals surface area contributed by atoms with Crippen LogP contribution in [-0.2, 0) is 0 Å². The summed E-state index contributed by atoms with van der Waals surface area (Å²) in [6.45, 7) is 0. The van der Waals surface area contributed by atoms with Gasteiger partial charge in [0, 0.05) is 5.25 Å². The van der Waals surface area contributed by atoms with E-state index in [2.05, 4.69) is 12.6 Å². The average molecular weight is 156 g/mol. The maximum absolute atomic E-state index is 4.50. The van der Waals surface area contributed by atoms with Crippen LogP contribution in [0.5, 0.6) is 0 Å². The molecular weight excluding hydrogens is 140 g/mol. The van der Waals surface area contributed by atoms with Crippen molar-refractivity contribution >= 4 is 12.6 Å². The molecule has 0 amide bonds. The molecule has 0 unspecified atom stereocenters. The average Bonchev–Trinajstić information content (AvgIpc) is 1.86. The van der Waals surface area contributed by atoms with Crippen LogP contribution in [0.15, 0.2) is 0 Å². The highest BCUT2D eigenvalue weighted by Gasteiger charge is 2.39. The first-order valence-electron chi connectivity index (χ1n) is 4.49. The number of rotatable bonds is 0. The third-order valence-electron chi connectivity index (χ3n) is 3.43. The molecule has 2 fully saturated rings. The molecule has 0 radical (unpaired) electrons. The molecule has 0 aliphatic heterocycles. The lowest BCUT2D eigenvalue weighted by atomic mass is 9.61. The summed E-state index contributed by atoms with van der Waals surface area (Å²) in [6.07, 6.45) is 10.2. The highest BCUT2D eigenvalue weighted by atomic mass is 32.1. The summed E-state index contributed by atoms with van der Waals surface area (Å²) in [4.78, 5) is 0. The molecule has 0 bridgehead atoms. The second kappa shape index (κ2) is 2.44. The van der Waals surface area contributed by atoms with Crippen molar-refractivity contribution in [2.45, 2.75) is 50.2 Å². The predicted octanol–water partition coefficient (Wildman–Crippen LogP) is 3.03. The lowest BCUT2D eigenvalue weighted by Gasteiger charge is -2.46. The smallest absolute Gasteiger partial charge is 0.00172 e. The van der Waals surface area contributed by atoms with Crippen molar-refractivity contribution in [2.75, 3.05) is 0 Å². The van der Waals surface area contributed by atoms with Gasteiger partial charge in [0.15, 0.2) is 0 Å². The Labute approximate surface area is 68.8 Å². The van der Waals surface area contributed by atoms with E-state index in [9.17, 15) is 0 Å². The van der Waals surface area contributed by atoms with E-state index in [4.69, 9.17) is 0 Å². The zero-order valence-electron chi connectivity index (χ0n) is 6.47. The number of thiol groups is 1. The van der Waals surface area contributed by atoms with Crippen LogP contribution in [0.4, 0.5) is 0 Å². The van der Waals surface area contributed by atoms with Crippen LogP contribution < -0.4 is 0 Å². The number of hydrogen-bond acceptors (Lipinski definition) is 1. The van der Waals surface area contributed by atoms with E-state index in [1.165, 1.54) is 44.9 Å². The molecule has 2 aliphatic carbocycles. The van der Waals surface area contributed by atoms with E-state index < -0.39 is 0 Å². The molecule has 2 rings (SSSR count). The van der Waals surface area contributed by atoms with Crippen LogP contribution in [0.25, 0.3) is 0 Å². The monoisotopic (exact) mass is 156 g/mol. The molecule has 0 nitrogen and oxygen atoms in total. The molecule has 1 spiro atoms. The zero-order chi connectivity index (χ0) is 7.03. The molecule has 58 valence electrons. The topological polar surface area (TPSA) is 0 Å². The summed E-state index contributed by atoms with van der Waals surface area (Å²) < 4.78 is 0. The van der Waals surface area contributed by atoms with Crippen LogP contribution in [-0.4, -0.2) is 5.25 Å². The van der Waals surface area contributed by atoms with Gasteiger partial charge in [-0.1, -0.05) is 6.42 Å². The summed E-state index contributed by atoms with van der Waals surface area (Å²) in [5, 5.41) is 0.728. The summed E-state index contributed by atoms with van der Waals surface area (Å²) in [5.74, 6) is 0. The van der Waals surface area contributed by atoms with E-state index in [1.54, 1.807) is 0 Å². The van der Waals surface area contributed by atoms with E-state index in [0.29, 0.717) is 0 Å². The van der Waals surface area contributed by atoms with Gasteiger partial charge in [0.1, 0.15) is 0 Å². The molecule has 0 saturated heterocycles. The Morgan fingerprint density at radius 2 is 1.60 bits per heavy atom. The predicted molar refractivity (Wildman–Crippen MR) is 47.5 cm³/mol. The summed E-state index contributed by atoms with van der Waals surface area (Å²) in [7, 11) is 0. The van der Waals surface area contributed by atoms with Crippen molar-refractivity contribution in [3.8, 4) is 0 Å². The Bertz CT molecular complexity index is 117. The standard InChI is InChI=1S/C9H16S/c10-8-2-6-9(7-3-8)4-1-5-9/h8,10H,1-7H2. The van der Waals surface area contributed by atoms with Gasteiger partial charge in [-0.3, -0.25) is 0 Å². The van der Waals surface area contributed by atoms with Crippen LogP contribution in [0.2, 0.25) is 0 Å². The Hall–Kier alpha value is 0.350. The molecule has 2 aliphatic rings. The minimum absolute atomic E-state index is 0.728. The molecule has 10 heavy (non-hydrogen) atoms. The molecule has 0 aromatic heterocycles. The SMILES string of the molecule is SC1CCC2(CCC2)CC1. The van der Waals surface area contributed by atoms with Crippen molar-refractivity contribution in [1.82, 2.24) is 0 Å². The van der Waals surface area contributed by atoms with Gasteiger partial charge in [-0.05, 0) is 43.9 Å². The Morgan fingerprint density at radius 3 is 2.00 bits per heavy atom. The van der Waals surface area contributed by atoms with Crippen molar-refractivity contribution in [3.05, 3.63) is 0 Å². The second-order valence-corrected chi connectivity index (χ2v) is 4.82. The van der Waals surface area contributed by atoms with Gasteiger partial charge in [0.25, 0.3) is 0 Å². The lowest BCUT2D eigenvalue weighted by Crippen LogP contribution is -2.34. The number of hydrogen-bond donors (Lipinski definition) is 1. The molecule has 0 aromatic carbocycles. The third-order valence-corrected chi connectivity index (χ3v) is 3.95. The quantitative estimate of drug-likeness (QED) is 0.512. The molecule has 2 saturated carbocycles. The molecular formula is C9H16S. The lowest BCUT2D eigenvalue weighted by molar-refractivity contribution is 0.0800.